The van der Waals surface area contributed by atoms with Gasteiger partial charge in [0.1, 0.15) is 0 Å². The van der Waals surface area contributed by atoms with Crippen LogP contribution in [0.15, 0.2) is 35.3 Å². The fourth-order valence-electron chi connectivity index (χ4n) is 2.09. The summed E-state index contributed by atoms with van der Waals surface area (Å²) >= 11 is 0. The Balaban J connectivity index is 2.12. The molecule has 5 heteroatoms. The van der Waals surface area contributed by atoms with E-state index in [4.69, 9.17) is 0 Å². The minimum Gasteiger partial charge on any atom is -0.453 e. The van der Waals surface area contributed by atoms with Gasteiger partial charge in [0.25, 0.3) is 0 Å². The first-order chi connectivity index (χ1) is 8.76. The predicted molar refractivity (Wildman–Crippen MR) is 69.4 cm³/mol. The average Bonchev–Trinajstić information content (AvgIpc) is 2.82. The van der Waals surface area contributed by atoms with E-state index in [9.17, 15) is 4.79 Å². The summed E-state index contributed by atoms with van der Waals surface area (Å²) in [6, 6.07) is 10.3. The average molecular weight is 247 g/mol. The number of alkyl carbamates (subject to hydrolysis) is 1. The standard InChI is InChI=1S/C13H17N3O2/c1-3-16-11(10-7-5-4-6-8-10)9-14-12(16)15-13(17)18-2/h4-8,11H,3,9H2,1-2H3,(H,14,15,17). The molecule has 96 valence electrons. The lowest BCUT2D eigenvalue weighted by molar-refractivity contribution is 0.175. The predicted octanol–water partition coefficient (Wildman–Crippen LogP) is 1.78. The second kappa shape index (κ2) is 5.53. The molecule has 1 amide bonds. The van der Waals surface area contributed by atoms with Crippen LogP contribution in [-0.2, 0) is 4.74 Å². The van der Waals surface area contributed by atoms with E-state index in [1.807, 2.05) is 25.1 Å². The molecule has 1 aliphatic rings. The maximum Gasteiger partial charge on any atom is 0.413 e. The third-order valence-electron chi connectivity index (χ3n) is 2.99. The molecule has 0 spiro atoms. The van der Waals surface area contributed by atoms with Gasteiger partial charge in [-0.2, -0.15) is 0 Å². The van der Waals surface area contributed by atoms with Gasteiger partial charge in [0.2, 0.25) is 5.96 Å². The van der Waals surface area contributed by atoms with Crippen molar-refractivity contribution in [3.05, 3.63) is 35.9 Å². The molecule has 1 heterocycles. The number of benzene rings is 1. The molecular formula is C13H17N3O2. The lowest BCUT2D eigenvalue weighted by Gasteiger charge is -2.26. The first-order valence-electron chi connectivity index (χ1n) is 5.97. The number of ether oxygens (including phenoxy) is 1. The zero-order valence-electron chi connectivity index (χ0n) is 10.6. The Morgan fingerprint density at radius 2 is 2.22 bits per heavy atom. The van der Waals surface area contributed by atoms with Gasteiger partial charge < -0.3 is 9.64 Å². The number of hydrogen-bond donors (Lipinski definition) is 1. The number of nitrogens with zero attached hydrogens (tertiary/aromatic N) is 2. The molecule has 1 unspecified atom stereocenters. The van der Waals surface area contributed by atoms with Gasteiger partial charge in [0.05, 0.1) is 19.7 Å². The SMILES string of the molecule is CCN1C(NC(=O)OC)=NCC1c1ccccc1. The van der Waals surface area contributed by atoms with Crippen LogP contribution in [0.4, 0.5) is 4.79 Å². The number of rotatable bonds is 2. The van der Waals surface area contributed by atoms with Gasteiger partial charge in [-0.05, 0) is 12.5 Å². The van der Waals surface area contributed by atoms with Crippen molar-refractivity contribution in [3.8, 4) is 0 Å². The summed E-state index contributed by atoms with van der Waals surface area (Å²) in [5, 5.41) is 2.64. The fourth-order valence-corrected chi connectivity index (χ4v) is 2.09. The van der Waals surface area contributed by atoms with Gasteiger partial charge in [-0.3, -0.25) is 10.3 Å². The summed E-state index contributed by atoms with van der Waals surface area (Å²) in [6.07, 6.45) is -0.485. The lowest BCUT2D eigenvalue weighted by atomic mass is 10.1. The Hall–Kier alpha value is -2.04. The van der Waals surface area contributed by atoms with E-state index in [1.54, 1.807) is 0 Å². The van der Waals surface area contributed by atoms with Crippen LogP contribution in [0.2, 0.25) is 0 Å². The number of amides is 1. The molecular weight excluding hydrogens is 230 g/mol. The third kappa shape index (κ3) is 2.45. The molecule has 0 aromatic heterocycles. The largest absolute Gasteiger partial charge is 0.453 e. The molecule has 0 radical (unpaired) electrons. The highest BCUT2D eigenvalue weighted by atomic mass is 16.5. The minimum atomic E-state index is -0.485. The Labute approximate surface area is 106 Å². The molecule has 2 rings (SSSR count). The van der Waals surface area contributed by atoms with Crippen LogP contribution < -0.4 is 5.32 Å². The molecule has 5 nitrogen and oxygen atoms in total. The van der Waals surface area contributed by atoms with Crippen molar-refractivity contribution in [1.82, 2.24) is 10.2 Å². The quantitative estimate of drug-likeness (QED) is 0.866. The minimum absolute atomic E-state index is 0.184. The molecule has 18 heavy (non-hydrogen) atoms. The highest BCUT2D eigenvalue weighted by Crippen LogP contribution is 2.25. The van der Waals surface area contributed by atoms with Crippen LogP contribution in [0, 0.1) is 0 Å². The molecule has 1 aliphatic heterocycles. The van der Waals surface area contributed by atoms with Gasteiger partial charge in [0.15, 0.2) is 0 Å². The molecule has 0 saturated heterocycles. The Kier molecular flexibility index (Phi) is 3.82. The first kappa shape index (κ1) is 12.4. The fraction of sp³-hybridized carbons (Fsp3) is 0.385. The van der Waals surface area contributed by atoms with Crippen molar-refractivity contribution in [1.29, 1.82) is 0 Å². The van der Waals surface area contributed by atoms with Gasteiger partial charge in [-0.1, -0.05) is 30.3 Å². The summed E-state index contributed by atoms with van der Waals surface area (Å²) in [5.41, 5.74) is 1.20. The van der Waals surface area contributed by atoms with E-state index in [2.05, 4.69) is 32.1 Å². The van der Waals surface area contributed by atoms with Crippen LogP contribution in [0.5, 0.6) is 0 Å². The van der Waals surface area contributed by atoms with Crippen LogP contribution in [0.25, 0.3) is 0 Å². The highest BCUT2D eigenvalue weighted by Gasteiger charge is 2.28. The summed E-state index contributed by atoms with van der Waals surface area (Å²) in [7, 11) is 1.34. The Morgan fingerprint density at radius 3 is 2.83 bits per heavy atom. The maximum absolute atomic E-state index is 11.2. The topological polar surface area (TPSA) is 53.9 Å². The summed E-state index contributed by atoms with van der Waals surface area (Å²) < 4.78 is 4.59. The number of carbonyl (C=O) groups excluding carboxylic acids is 1. The Morgan fingerprint density at radius 1 is 1.50 bits per heavy atom. The molecule has 1 atom stereocenters. The number of aliphatic imine (C=N–C) groups is 1. The normalized spacial score (nSPS) is 18.4. The van der Waals surface area contributed by atoms with E-state index in [1.165, 1.54) is 12.7 Å². The number of carbonyl (C=O) groups is 1. The van der Waals surface area contributed by atoms with Gasteiger partial charge in [-0.25, -0.2) is 4.79 Å². The molecule has 1 aromatic carbocycles. The summed E-state index contributed by atoms with van der Waals surface area (Å²) in [6.45, 7) is 3.47. The maximum atomic E-state index is 11.2. The van der Waals surface area contributed by atoms with E-state index in [0.717, 1.165) is 6.54 Å². The van der Waals surface area contributed by atoms with Gasteiger partial charge in [0, 0.05) is 6.54 Å². The van der Waals surface area contributed by atoms with Crippen molar-refractivity contribution in [2.24, 2.45) is 4.99 Å². The van der Waals surface area contributed by atoms with Gasteiger partial charge in [-0.15, -0.1) is 0 Å². The second-order valence-electron chi connectivity index (χ2n) is 3.99. The zero-order chi connectivity index (χ0) is 13.0. The smallest absolute Gasteiger partial charge is 0.413 e. The second-order valence-corrected chi connectivity index (χ2v) is 3.99. The highest BCUT2D eigenvalue weighted by molar-refractivity contribution is 5.95. The van der Waals surface area contributed by atoms with E-state index in [0.29, 0.717) is 12.5 Å². The summed E-state index contributed by atoms with van der Waals surface area (Å²) in [4.78, 5) is 17.7. The molecule has 0 aliphatic carbocycles. The first-order valence-corrected chi connectivity index (χ1v) is 5.97. The number of hydrogen-bond acceptors (Lipinski definition) is 4. The van der Waals surface area contributed by atoms with Crippen molar-refractivity contribution in [2.75, 3.05) is 20.2 Å². The Bertz CT molecular complexity index is 445. The lowest BCUT2D eigenvalue weighted by Crippen LogP contribution is -2.42. The molecule has 0 bridgehead atoms. The molecule has 1 N–H and O–H groups in total. The van der Waals surface area contributed by atoms with Crippen molar-refractivity contribution in [3.63, 3.8) is 0 Å². The van der Waals surface area contributed by atoms with E-state index >= 15 is 0 Å². The van der Waals surface area contributed by atoms with Gasteiger partial charge >= 0.3 is 6.09 Å². The third-order valence-corrected chi connectivity index (χ3v) is 2.99. The van der Waals surface area contributed by atoms with Crippen molar-refractivity contribution >= 4 is 12.1 Å². The number of nitrogens with one attached hydrogen (secondary N) is 1. The van der Waals surface area contributed by atoms with E-state index in [-0.39, 0.29) is 6.04 Å². The number of likely N-dealkylation sites (N-methyl/N-ethyl adjacent to an activating group) is 1. The molecule has 1 aromatic rings. The van der Waals surface area contributed by atoms with Crippen LogP contribution in [0.1, 0.15) is 18.5 Å². The zero-order valence-corrected chi connectivity index (χ0v) is 10.6. The van der Waals surface area contributed by atoms with Crippen molar-refractivity contribution < 1.29 is 9.53 Å². The molecule has 0 saturated carbocycles. The van der Waals surface area contributed by atoms with E-state index < -0.39 is 6.09 Å². The van der Waals surface area contributed by atoms with Crippen LogP contribution >= 0.6 is 0 Å². The summed E-state index contributed by atoms with van der Waals surface area (Å²) in [5.74, 6) is 0.582. The number of guanidine groups is 1. The van der Waals surface area contributed by atoms with Crippen molar-refractivity contribution in [2.45, 2.75) is 13.0 Å². The van der Waals surface area contributed by atoms with Crippen LogP contribution in [-0.4, -0.2) is 37.2 Å². The molecule has 0 fully saturated rings. The number of methoxy groups -OCH3 is 1. The monoisotopic (exact) mass is 247 g/mol. The van der Waals surface area contributed by atoms with Crippen LogP contribution in [0.3, 0.4) is 0 Å².